The predicted molar refractivity (Wildman–Crippen MR) is 150 cm³/mol. The van der Waals surface area contributed by atoms with Crippen molar-refractivity contribution in [1.82, 2.24) is 14.9 Å². The highest BCUT2D eigenvalue weighted by molar-refractivity contribution is 6.32. The van der Waals surface area contributed by atoms with E-state index in [1.54, 1.807) is 11.8 Å². The number of nitrogens with zero attached hydrogens (tertiary/aromatic N) is 4. The number of ether oxygens (including phenoxy) is 1. The van der Waals surface area contributed by atoms with Crippen LogP contribution in [-0.2, 0) is 6.18 Å². The van der Waals surface area contributed by atoms with Gasteiger partial charge in [0.2, 0.25) is 0 Å². The van der Waals surface area contributed by atoms with Crippen LogP contribution < -0.4 is 15.4 Å². The summed E-state index contributed by atoms with van der Waals surface area (Å²) in [7, 11) is 0. The Morgan fingerprint density at radius 2 is 1.90 bits per heavy atom. The van der Waals surface area contributed by atoms with Crippen molar-refractivity contribution < 1.29 is 31.8 Å². The first-order chi connectivity index (χ1) is 19.8. The van der Waals surface area contributed by atoms with Crippen LogP contribution in [-0.4, -0.2) is 70.1 Å². The standard InChI is InChI=1S/C29H31ClF5N5O2/c1-27(41)6-2-8-39(14-27)25-19-5-4-18(20-10-17(36)11-21(30)22(20)29(33,34)35)23(32)24(19)37-26(38-25)42-15-28-7-3-9-40(28)13-16(31)12-28/h4-5,10-11,16,41H,2-3,6-9,12-15,36H2,1H3/t16-,27-,28+/m1/s1. The maximum Gasteiger partial charge on any atom is 0.418 e. The minimum atomic E-state index is -4.88. The minimum absolute atomic E-state index is 0.0615. The van der Waals surface area contributed by atoms with Crippen LogP contribution in [0.5, 0.6) is 6.01 Å². The molecule has 3 aliphatic heterocycles. The lowest BCUT2D eigenvalue weighted by molar-refractivity contribution is -0.137. The maximum atomic E-state index is 16.3. The van der Waals surface area contributed by atoms with E-state index in [0.717, 1.165) is 31.5 Å². The third kappa shape index (κ3) is 5.22. The van der Waals surface area contributed by atoms with Gasteiger partial charge in [0.15, 0.2) is 5.82 Å². The molecule has 0 spiro atoms. The van der Waals surface area contributed by atoms with Crippen molar-refractivity contribution in [3.63, 3.8) is 0 Å². The average Bonchev–Trinajstić information content (AvgIpc) is 3.41. The van der Waals surface area contributed by atoms with Gasteiger partial charge in [-0.1, -0.05) is 17.7 Å². The van der Waals surface area contributed by atoms with E-state index in [1.807, 2.05) is 0 Å². The molecule has 3 atom stereocenters. The lowest BCUT2D eigenvalue weighted by Gasteiger charge is -2.38. The number of β-amino-alcohol motifs (C(OH)–C–C–N with tert-alkyl or cyclic N) is 1. The second-order valence-electron chi connectivity index (χ2n) is 12.0. The first-order valence-corrected chi connectivity index (χ1v) is 14.3. The highest BCUT2D eigenvalue weighted by Gasteiger charge is 2.49. The second-order valence-corrected chi connectivity index (χ2v) is 12.4. The summed E-state index contributed by atoms with van der Waals surface area (Å²) in [4.78, 5) is 12.8. The lowest BCUT2D eigenvalue weighted by Crippen LogP contribution is -2.46. The fourth-order valence-corrected chi connectivity index (χ4v) is 7.15. The molecule has 42 heavy (non-hydrogen) atoms. The first-order valence-electron chi connectivity index (χ1n) is 13.9. The SMILES string of the molecule is C[C@@]1(O)CCCN(c2nc(OC[C@@]34CCCN3C[C@H](F)C4)nc3c(F)c(-c4cc(N)cc(Cl)c4C(F)(F)F)ccc23)C1. The number of rotatable bonds is 5. The zero-order chi connectivity index (χ0) is 30.0. The van der Waals surface area contributed by atoms with Crippen molar-refractivity contribution in [2.75, 3.05) is 43.4 Å². The molecule has 0 radical (unpaired) electrons. The van der Waals surface area contributed by atoms with Gasteiger partial charge >= 0.3 is 12.2 Å². The van der Waals surface area contributed by atoms with Crippen LogP contribution in [0.4, 0.5) is 33.5 Å². The van der Waals surface area contributed by atoms with Gasteiger partial charge in [0, 0.05) is 48.3 Å². The molecule has 3 fully saturated rings. The van der Waals surface area contributed by atoms with Gasteiger partial charge in [-0.05, 0) is 57.4 Å². The Hall–Kier alpha value is -2.96. The molecule has 6 rings (SSSR count). The molecule has 4 heterocycles. The molecule has 0 saturated carbocycles. The van der Waals surface area contributed by atoms with Crippen LogP contribution in [0.3, 0.4) is 0 Å². The van der Waals surface area contributed by atoms with Crippen molar-refractivity contribution in [2.45, 2.75) is 62.5 Å². The zero-order valence-corrected chi connectivity index (χ0v) is 23.7. The summed E-state index contributed by atoms with van der Waals surface area (Å²) in [6.07, 6.45) is -2.73. The van der Waals surface area contributed by atoms with Crippen LogP contribution in [0.1, 0.15) is 44.6 Å². The third-order valence-corrected chi connectivity index (χ3v) is 8.96. The lowest BCUT2D eigenvalue weighted by atomic mass is 9.94. The maximum absolute atomic E-state index is 16.3. The van der Waals surface area contributed by atoms with E-state index in [0.29, 0.717) is 32.4 Å². The molecule has 3 aliphatic rings. The summed E-state index contributed by atoms with van der Waals surface area (Å²) in [5, 5.41) is 10.4. The van der Waals surface area contributed by atoms with Gasteiger partial charge in [-0.3, -0.25) is 4.90 Å². The molecule has 0 unspecified atom stereocenters. The quantitative estimate of drug-likeness (QED) is 0.270. The number of piperidine rings is 1. The molecule has 1 aromatic heterocycles. The van der Waals surface area contributed by atoms with Crippen molar-refractivity contribution in [3.8, 4) is 17.1 Å². The molecule has 7 nitrogen and oxygen atoms in total. The predicted octanol–water partition coefficient (Wildman–Crippen LogP) is 6.00. The van der Waals surface area contributed by atoms with Gasteiger partial charge < -0.3 is 20.5 Å². The number of hydrogen-bond acceptors (Lipinski definition) is 7. The Labute approximate surface area is 244 Å². The number of nitrogen functional groups attached to an aromatic ring is 1. The Morgan fingerprint density at radius 1 is 1.14 bits per heavy atom. The van der Waals surface area contributed by atoms with E-state index < -0.39 is 45.5 Å². The molecular weight excluding hydrogens is 581 g/mol. The highest BCUT2D eigenvalue weighted by atomic mass is 35.5. The molecule has 2 aromatic carbocycles. The topological polar surface area (TPSA) is 87.7 Å². The van der Waals surface area contributed by atoms with Crippen LogP contribution in [0, 0.1) is 5.82 Å². The van der Waals surface area contributed by atoms with Gasteiger partial charge in [0.25, 0.3) is 0 Å². The first kappa shape index (κ1) is 29.1. The molecule has 0 amide bonds. The van der Waals surface area contributed by atoms with Crippen molar-refractivity contribution in [3.05, 3.63) is 40.7 Å². The van der Waals surface area contributed by atoms with E-state index in [1.165, 1.54) is 12.1 Å². The van der Waals surface area contributed by atoms with Gasteiger partial charge in [0.05, 0.1) is 21.7 Å². The minimum Gasteiger partial charge on any atom is -0.461 e. The van der Waals surface area contributed by atoms with Gasteiger partial charge in [-0.15, -0.1) is 0 Å². The zero-order valence-electron chi connectivity index (χ0n) is 22.9. The van der Waals surface area contributed by atoms with Gasteiger partial charge in [-0.25, -0.2) is 8.78 Å². The molecule has 0 bridgehead atoms. The normalized spacial score (nSPS) is 26.7. The Kier molecular flexibility index (Phi) is 7.17. The van der Waals surface area contributed by atoms with Crippen molar-refractivity contribution >= 4 is 34.0 Å². The number of anilines is 2. The summed E-state index contributed by atoms with van der Waals surface area (Å²) in [6, 6.07) is 4.50. The van der Waals surface area contributed by atoms with E-state index >= 15 is 4.39 Å². The summed E-state index contributed by atoms with van der Waals surface area (Å²) in [6.45, 7) is 3.56. The highest BCUT2D eigenvalue weighted by Crippen LogP contribution is 2.45. The molecule has 3 N–H and O–H groups in total. The number of aromatic nitrogens is 2. The molecular formula is C29H31ClF5N5O2. The third-order valence-electron chi connectivity index (χ3n) is 8.66. The summed E-state index contributed by atoms with van der Waals surface area (Å²) >= 11 is 5.95. The number of hydrogen-bond donors (Lipinski definition) is 2. The number of halogens is 6. The van der Waals surface area contributed by atoms with Gasteiger partial charge in [-0.2, -0.15) is 23.1 Å². The Bertz CT molecular complexity index is 1540. The van der Waals surface area contributed by atoms with Crippen LogP contribution in [0.25, 0.3) is 22.0 Å². The summed E-state index contributed by atoms with van der Waals surface area (Å²) in [5.41, 5.74) is 1.83. The van der Waals surface area contributed by atoms with E-state index in [4.69, 9.17) is 22.1 Å². The molecule has 3 aromatic rings. The number of aliphatic hydroxyl groups is 1. The van der Waals surface area contributed by atoms with E-state index in [-0.39, 0.29) is 47.1 Å². The Balaban J connectivity index is 1.48. The van der Waals surface area contributed by atoms with Crippen LogP contribution >= 0.6 is 11.6 Å². The molecule has 3 saturated heterocycles. The number of alkyl halides is 4. The van der Waals surface area contributed by atoms with E-state index in [9.17, 15) is 22.7 Å². The van der Waals surface area contributed by atoms with Crippen LogP contribution in [0.15, 0.2) is 24.3 Å². The largest absolute Gasteiger partial charge is 0.461 e. The molecule has 226 valence electrons. The summed E-state index contributed by atoms with van der Waals surface area (Å²) < 4.78 is 78.9. The average molecular weight is 612 g/mol. The number of fused-ring (bicyclic) bond motifs is 2. The van der Waals surface area contributed by atoms with Crippen LogP contribution in [0.2, 0.25) is 5.02 Å². The second kappa shape index (κ2) is 10.3. The molecule has 0 aliphatic carbocycles. The van der Waals surface area contributed by atoms with Crippen molar-refractivity contribution in [1.29, 1.82) is 0 Å². The van der Waals surface area contributed by atoms with Crippen molar-refractivity contribution in [2.24, 2.45) is 0 Å². The summed E-state index contributed by atoms with van der Waals surface area (Å²) in [5.74, 6) is -0.736. The van der Waals surface area contributed by atoms with Gasteiger partial charge in [0.1, 0.15) is 24.1 Å². The smallest absolute Gasteiger partial charge is 0.418 e. The molecule has 13 heteroatoms. The Morgan fingerprint density at radius 3 is 2.64 bits per heavy atom. The number of benzene rings is 2. The monoisotopic (exact) mass is 611 g/mol. The fraction of sp³-hybridized carbons (Fsp3) is 0.517. The fourth-order valence-electron chi connectivity index (χ4n) is 6.82. The number of nitrogens with two attached hydrogens (primary N) is 1. The van der Waals surface area contributed by atoms with E-state index in [2.05, 4.69) is 14.9 Å².